The second-order valence-electron chi connectivity index (χ2n) is 17.0. The number of quaternary nitrogens is 1. The first-order valence-electron chi connectivity index (χ1n) is 24.0. The largest absolute Gasteiger partial charge is 0.477 e. The molecule has 0 aromatic heterocycles. The summed E-state index contributed by atoms with van der Waals surface area (Å²) in [7, 11) is 5.50. The predicted octanol–water partition coefficient (Wildman–Crippen LogP) is 13.5. The Morgan fingerprint density at radius 2 is 0.950 bits per heavy atom. The molecule has 0 amide bonds. The number of carboxylic acid groups (broad SMARTS) is 1. The SMILES string of the molecule is CC/C=C/C/C=C/C/C=C/C/C=C/C/C=C/CCCC(=O)OC(COCCC(C(=O)O)[N+](C)(C)C)COC(=O)CCCCCCCCC/C=C/CCCCCCCCCC. The number of carbonyl (C=O) groups is 3. The zero-order valence-electron chi connectivity index (χ0n) is 39.1. The minimum Gasteiger partial charge on any atom is -0.477 e. The highest BCUT2D eigenvalue weighted by molar-refractivity contribution is 5.72. The number of hydrogen-bond acceptors (Lipinski definition) is 6. The van der Waals surface area contributed by atoms with Gasteiger partial charge < -0.3 is 23.8 Å². The molecular formula is C52H90NO7+. The Morgan fingerprint density at radius 1 is 0.517 bits per heavy atom. The van der Waals surface area contributed by atoms with Crippen LogP contribution in [-0.4, -0.2) is 80.6 Å². The lowest BCUT2D eigenvalue weighted by atomic mass is 10.1. The highest BCUT2D eigenvalue weighted by atomic mass is 16.6. The topological polar surface area (TPSA) is 99.1 Å². The van der Waals surface area contributed by atoms with Crippen LogP contribution in [0.15, 0.2) is 72.9 Å². The standard InChI is InChI=1S/C52H89NO7/c1-6-8-10-12-14-16-18-20-22-24-25-27-28-30-32-34-36-38-40-42-50(54)59-47-48(46-58-45-44-49(52(56)57)53(3,4)5)60-51(55)43-41-39-37-35-33-31-29-26-23-21-19-17-15-13-11-9-7-2/h9,11,15,17,21,23-25,29,31,35,37,48-49H,6-8,10,12-14,16,18-20,22,26-28,30,32-34,36,38-47H2,1-5H3/p+1/b11-9+,17-15+,23-21+,25-24+,31-29+,37-35+. The van der Waals surface area contributed by atoms with Gasteiger partial charge in [-0.15, -0.1) is 0 Å². The number of aliphatic carboxylic acids is 1. The summed E-state index contributed by atoms with van der Waals surface area (Å²) in [5.41, 5.74) is 0. The molecule has 0 fully saturated rings. The number of likely N-dealkylation sites (N-methyl/N-ethyl adjacent to an activating group) is 1. The molecule has 60 heavy (non-hydrogen) atoms. The van der Waals surface area contributed by atoms with E-state index in [1.807, 2.05) is 21.1 Å². The molecule has 0 rings (SSSR count). The molecular weight excluding hydrogens is 751 g/mol. The number of hydrogen-bond donors (Lipinski definition) is 1. The van der Waals surface area contributed by atoms with Crippen LogP contribution in [0.3, 0.4) is 0 Å². The van der Waals surface area contributed by atoms with Crippen LogP contribution in [0.2, 0.25) is 0 Å². The van der Waals surface area contributed by atoms with Crippen molar-refractivity contribution in [2.75, 3.05) is 41.0 Å². The summed E-state index contributed by atoms with van der Waals surface area (Å²) in [6.45, 7) is 4.56. The van der Waals surface area contributed by atoms with E-state index >= 15 is 0 Å². The molecule has 0 aromatic carbocycles. The second kappa shape index (κ2) is 42.5. The van der Waals surface area contributed by atoms with Gasteiger partial charge in [0.05, 0.1) is 34.4 Å². The maximum absolute atomic E-state index is 12.7. The van der Waals surface area contributed by atoms with Crippen molar-refractivity contribution in [3.8, 4) is 0 Å². The summed E-state index contributed by atoms with van der Waals surface area (Å²) in [6, 6.07) is -0.629. The van der Waals surface area contributed by atoms with Crippen LogP contribution >= 0.6 is 0 Å². The van der Waals surface area contributed by atoms with E-state index in [-0.39, 0.29) is 42.7 Å². The fourth-order valence-corrected chi connectivity index (χ4v) is 6.65. The smallest absolute Gasteiger partial charge is 0.362 e. The molecule has 8 heteroatoms. The number of carboxylic acids is 1. The number of unbranched alkanes of at least 4 members (excludes halogenated alkanes) is 16. The van der Waals surface area contributed by atoms with Gasteiger partial charge in [0.15, 0.2) is 12.1 Å². The average Bonchev–Trinajstić information content (AvgIpc) is 3.21. The van der Waals surface area contributed by atoms with Gasteiger partial charge in [-0.3, -0.25) is 9.59 Å². The first-order chi connectivity index (χ1) is 29.1. The van der Waals surface area contributed by atoms with Gasteiger partial charge in [-0.1, -0.05) is 164 Å². The molecule has 2 atom stereocenters. The van der Waals surface area contributed by atoms with Gasteiger partial charge in [0, 0.05) is 19.3 Å². The first kappa shape index (κ1) is 56.8. The third-order valence-electron chi connectivity index (χ3n) is 10.3. The number of allylic oxidation sites excluding steroid dienone is 12. The summed E-state index contributed by atoms with van der Waals surface area (Å²) in [4.78, 5) is 37.1. The fraction of sp³-hybridized carbons (Fsp3) is 0.712. The molecule has 344 valence electrons. The van der Waals surface area contributed by atoms with Gasteiger partial charge in [0.2, 0.25) is 0 Å². The fourth-order valence-electron chi connectivity index (χ4n) is 6.65. The van der Waals surface area contributed by atoms with Crippen molar-refractivity contribution in [2.24, 2.45) is 0 Å². The van der Waals surface area contributed by atoms with E-state index < -0.39 is 18.1 Å². The van der Waals surface area contributed by atoms with Crippen molar-refractivity contribution in [1.29, 1.82) is 0 Å². The summed E-state index contributed by atoms with van der Waals surface area (Å²) in [5, 5.41) is 9.63. The van der Waals surface area contributed by atoms with Gasteiger partial charge in [0.25, 0.3) is 0 Å². The van der Waals surface area contributed by atoms with E-state index in [2.05, 4.69) is 86.8 Å². The molecule has 8 nitrogen and oxygen atoms in total. The average molecular weight is 841 g/mol. The van der Waals surface area contributed by atoms with Crippen LogP contribution in [-0.2, 0) is 28.6 Å². The lowest BCUT2D eigenvalue weighted by molar-refractivity contribution is -0.887. The van der Waals surface area contributed by atoms with Gasteiger partial charge in [-0.25, -0.2) is 4.79 Å². The Kier molecular flexibility index (Phi) is 40.2. The van der Waals surface area contributed by atoms with Crippen molar-refractivity contribution >= 4 is 17.9 Å². The molecule has 0 aliphatic carbocycles. The molecule has 0 spiro atoms. The van der Waals surface area contributed by atoms with Crippen molar-refractivity contribution in [2.45, 2.75) is 199 Å². The van der Waals surface area contributed by atoms with Gasteiger partial charge in [0.1, 0.15) is 6.61 Å². The van der Waals surface area contributed by atoms with Gasteiger partial charge in [-0.2, -0.15) is 0 Å². The Bertz CT molecular complexity index is 1210. The van der Waals surface area contributed by atoms with Crippen LogP contribution in [0, 0.1) is 0 Å². The van der Waals surface area contributed by atoms with Crippen molar-refractivity contribution in [3.05, 3.63) is 72.9 Å². The molecule has 0 saturated carbocycles. The molecule has 0 radical (unpaired) electrons. The first-order valence-corrected chi connectivity index (χ1v) is 24.0. The van der Waals surface area contributed by atoms with E-state index in [4.69, 9.17) is 14.2 Å². The number of esters is 2. The summed E-state index contributed by atoms with van der Waals surface area (Å²) >= 11 is 0. The summed E-state index contributed by atoms with van der Waals surface area (Å²) in [5.74, 6) is -1.55. The van der Waals surface area contributed by atoms with E-state index in [1.165, 1.54) is 89.9 Å². The zero-order valence-corrected chi connectivity index (χ0v) is 39.1. The Balaban J connectivity index is 4.39. The highest BCUT2D eigenvalue weighted by Crippen LogP contribution is 2.14. The molecule has 0 aliphatic rings. The van der Waals surface area contributed by atoms with Crippen LogP contribution in [0.5, 0.6) is 0 Å². The molecule has 0 bridgehead atoms. The van der Waals surface area contributed by atoms with Crippen LogP contribution < -0.4 is 0 Å². The molecule has 0 saturated heterocycles. The van der Waals surface area contributed by atoms with E-state index in [9.17, 15) is 19.5 Å². The Morgan fingerprint density at radius 3 is 1.45 bits per heavy atom. The predicted molar refractivity (Wildman–Crippen MR) is 252 cm³/mol. The molecule has 2 unspecified atom stereocenters. The minimum atomic E-state index is -0.886. The van der Waals surface area contributed by atoms with Crippen molar-refractivity contribution in [1.82, 2.24) is 0 Å². The van der Waals surface area contributed by atoms with E-state index in [0.717, 1.165) is 57.8 Å². The minimum absolute atomic E-state index is 0.0340. The molecule has 1 N–H and O–H groups in total. The van der Waals surface area contributed by atoms with Crippen molar-refractivity contribution < 1.29 is 38.2 Å². The number of rotatable bonds is 42. The van der Waals surface area contributed by atoms with Crippen LogP contribution in [0.4, 0.5) is 0 Å². The highest BCUT2D eigenvalue weighted by Gasteiger charge is 2.31. The zero-order chi connectivity index (χ0) is 44.2. The maximum atomic E-state index is 12.7. The van der Waals surface area contributed by atoms with Crippen LogP contribution in [0.25, 0.3) is 0 Å². The number of nitrogens with zero attached hydrogens (tertiary/aromatic N) is 1. The van der Waals surface area contributed by atoms with Gasteiger partial charge in [-0.05, 0) is 77.0 Å². The third kappa shape index (κ3) is 40.2. The number of ether oxygens (including phenoxy) is 3. The second-order valence-corrected chi connectivity index (χ2v) is 17.0. The van der Waals surface area contributed by atoms with E-state index in [1.54, 1.807) is 0 Å². The lowest BCUT2D eigenvalue weighted by Gasteiger charge is -2.31. The monoisotopic (exact) mass is 841 g/mol. The van der Waals surface area contributed by atoms with Gasteiger partial charge >= 0.3 is 17.9 Å². The summed E-state index contributed by atoms with van der Waals surface area (Å²) in [6.07, 6.45) is 53.9. The maximum Gasteiger partial charge on any atom is 0.362 e. The lowest BCUT2D eigenvalue weighted by Crippen LogP contribution is -2.50. The third-order valence-corrected chi connectivity index (χ3v) is 10.3. The molecule has 0 aromatic rings. The summed E-state index contributed by atoms with van der Waals surface area (Å²) < 4.78 is 17.2. The Hall–Kier alpha value is -3.23. The molecule has 0 heterocycles. The van der Waals surface area contributed by atoms with Crippen molar-refractivity contribution in [3.63, 3.8) is 0 Å². The Labute approximate surface area is 368 Å². The number of carbonyl (C=O) groups excluding carboxylic acids is 2. The normalized spacial score (nSPS) is 13.6. The van der Waals surface area contributed by atoms with Crippen LogP contribution in [0.1, 0.15) is 187 Å². The van der Waals surface area contributed by atoms with E-state index in [0.29, 0.717) is 19.3 Å². The molecule has 0 aliphatic heterocycles. The quantitative estimate of drug-likeness (QED) is 0.0283.